The summed E-state index contributed by atoms with van der Waals surface area (Å²) in [4.78, 5) is 11.1. The van der Waals surface area contributed by atoms with Crippen LogP contribution in [0.25, 0.3) is 0 Å². The van der Waals surface area contributed by atoms with E-state index in [1.54, 1.807) is 27.4 Å². The van der Waals surface area contributed by atoms with Crippen LogP contribution in [-0.2, 0) is 23.4 Å². The number of carbonyl (C=O) groups excluding carboxylic acids is 1. The molecule has 6 heteroatoms. The second-order valence-corrected chi connectivity index (χ2v) is 14.6. The molecule has 0 saturated carbocycles. The monoisotopic (exact) mass is 442 g/mol. The molecule has 0 fully saturated rings. The minimum Gasteiger partial charge on any atom is -0.407 e. The molecule has 0 N–H and O–H groups in total. The van der Waals surface area contributed by atoms with Gasteiger partial charge in [0.15, 0.2) is 8.32 Å². The first-order valence-electron chi connectivity index (χ1n) is 10.8. The Balaban J connectivity index is 5.85. The van der Waals surface area contributed by atoms with Gasteiger partial charge in [-0.25, -0.2) is 0 Å². The standard InChI is InChI=1S/C24H46O5Si/c1-13-20(26-8)23(29-30(11,12)24(5,6)7)19(4)15-18(3)22(28-10)21(27-9)14-17(2)16-25/h13,15-18,20-23H,1,14H2,2-12H3/b19-15+/t17-,18+,20+,21+,22-,23+/m1/s1. The van der Waals surface area contributed by atoms with Crippen LogP contribution in [0, 0.1) is 11.8 Å². The molecular formula is C24H46O5Si. The van der Waals surface area contributed by atoms with Crippen molar-refractivity contribution < 1.29 is 23.4 Å². The lowest BCUT2D eigenvalue weighted by Crippen LogP contribution is -2.47. The van der Waals surface area contributed by atoms with E-state index in [2.05, 4.69) is 60.4 Å². The Labute approximate surface area is 186 Å². The highest BCUT2D eigenvalue weighted by Gasteiger charge is 2.41. The lowest BCUT2D eigenvalue weighted by atomic mass is 9.90. The fourth-order valence-corrected chi connectivity index (χ4v) is 4.66. The van der Waals surface area contributed by atoms with Crippen LogP contribution in [0.5, 0.6) is 0 Å². The Morgan fingerprint density at radius 3 is 2.00 bits per heavy atom. The molecule has 0 unspecified atom stereocenters. The van der Waals surface area contributed by atoms with E-state index in [9.17, 15) is 4.79 Å². The Morgan fingerprint density at radius 2 is 1.63 bits per heavy atom. The fraction of sp³-hybridized carbons (Fsp3) is 0.792. The van der Waals surface area contributed by atoms with E-state index in [1.807, 2.05) is 6.92 Å². The second kappa shape index (κ2) is 12.9. The van der Waals surface area contributed by atoms with Gasteiger partial charge < -0.3 is 23.4 Å². The summed E-state index contributed by atoms with van der Waals surface area (Å²) in [6, 6.07) is 0. The van der Waals surface area contributed by atoms with Crippen molar-refractivity contribution in [2.75, 3.05) is 21.3 Å². The molecule has 0 aromatic rings. The molecule has 0 amide bonds. The zero-order valence-electron chi connectivity index (χ0n) is 21.2. The highest BCUT2D eigenvalue weighted by atomic mass is 28.4. The van der Waals surface area contributed by atoms with Gasteiger partial charge >= 0.3 is 0 Å². The minimum atomic E-state index is -2.03. The van der Waals surface area contributed by atoms with E-state index in [0.717, 1.165) is 11.9 Å². The van der Waals surface area contributed by atoms with Crippen LogP contribution in [0.15, 0.2) is 24.3 Å². The van der Waals surface area contributed by atoms with Crippen LogP contribution in [-0.4, -0.2) is 60.3 Å². The molecule has 0 aromatic heterocycles. The summed E-state index contributed by atoms with van der Waals surface area (Å²) in [5, 5.41) is 0.0811. The average molecular weight is 443 g/mol. The van der Waals surface area contributed by atoms with Crippen molar-refractivity contribution in [3.63, 3.8) is 0 Å². The van der Waals surface area contributed by atoms with Crippen molar-refractivity contribution in [1.82, 2.24) is 0 Å². The van der Waals surface area contributed by atoms with Crippen LogP contribution in [0.3, 0.4) is 0 Å². The van der Waals surface area contributed by atoms with Gasteiger partial charge in [-0.1, -0.05) is 46.8 Å². The summed E-state index contributed by atoms with van der Waals surface area (Å²) in [5.41, 5.74) is 1.08. The Bertz CT molecular complexity index is 552. The van der Waals surface area contributed by atoms with E-state index in [0.29, 0.717) is 6.42 Å². The van der Waals surface area contributed by atoms with E-state index in [4.69, 9.17) is 18.6 Å². The Kier molecular flexibility index (Phi) is 12.6. The molecule has 0 aliphatic rings. The largest absolute Gasteiger partial charge is 0.407 e. The van der Waals surface area contributed by atoms with Gasteiger partial charge in [-0.2, -0.15) is 0 Å². The van der Waals surface area contributed by atoms with E-state index < -0.39 is 8.32 Å². The predicted molar refractivity (Wildman–Crippen MR) is 127 cm³/mol. The Hall–Kier alpha value is -0.793. The van der Waals surface area contributed by atoms with Crippen molar-refractivity contribution in [1.29, 1.82) is 0 Å². The van der Waals surface area contributed by atoms with Crippen LogP contribution in [0.4, 0.5) is 0 Å². The number of methoxy groups -OCH3 is 3. The van der Waals surface area contributed by atoms with Gasteiger partial charge in [0.2, 0.25) is 0 Å². The maximum Gasteiger partial charge on any atom is 0.193 e. The highest BCUT2D eigenvalue weighted by Crippen LogP contribution is 2.39. The van der Waals surface area contributed by atoms with Crippen LogP contribution >= 0.6 is 0 Å². The maximum absolute atomic E-state index is 11.1. The zero-order chi connectivity index (χ0) is 23.7. The molecule has 0 bridgehead atoms. The third-order valence-electron chi connectivity index (χ3n) is 6.30. The number of rotatable bonds is 14. The normalized spacial score (nSPS) is 19.5. The van der Waals surface area contributed by atoms with Crippen LogP contribution in [0.2, 0.25) is 18.1 Å². The van der Waals surface area contributed by atoms with Gasteiger partial charge in [0.1, 0.15) is 12.4 Å². The molecule has 0 radical (unpaired) electrons. The SMILES string of the molecule is C=C[C@H](OC)[C@@H](O[Si](C)(C)C(C)(C)C)/C(C)=C/[C@H](C)[C@@H](OC)[C@H](C[C@@H](C)C=O)OC. The summed E-state index contributed by atoms with van der Waals surface area (Å²) >= 11 is 0. The molecule has 30 heavy (non-hydrogen) atoms. The van der Waals surface area contributed by atoms with Gasteiger partial charge in [0.25, 0.3) is 0 Å². The number of aldehydes is 1. The molecule has 0 rings (SSSR count). The minimum absolute atomic E-state index is 0.0617. The first-order chi connectivity index (χ1) is 13.8. The quantitative estimate of drug-likeness (QED) is 0.204. The third-order valence-corrected chi connectivity index (χ3v) is 10.8. The fourth-order valence-electron chi connectivity index (χ4n) is 3.35. The average Bonchev–Trinajstić information content (AvgIpc) is 2.66. The smallest absolute Gasteiger partial charge is 0.193 e. The van der Waals surface area contributed by atoms with Crippen molar-refractivity contribution >= 4 is 14.6 Å². The summed E-state index contributed by atoms with van der Waals surface area (Å²) in [6.07, 6.45) is 4.75. The van der Waals surface area contributed by atoms with Gasteiger partial charge in [-0.15, -0.1) is 6.58 Å². The summed E-state index contributed by atoms with van der Waals surface area (Å²) in [6.45, 7) is 21.2. The number of ether oxygens (including phenoxy) is 3. The van der Waals surface area contributed by atoms with Crippen LogP contribution in [0.1, 0.15) is 48.0 Å². The highest BCUT2D eigenvalue weighted by molar-refractivity contribution is 6.74. The van der Waals surface area contributed by atoms with E-state index in [-0.39, 0.29) is 41.3 Å². The number of carbonyl (C=O) groups is 1. The summed E-state index contributed by atoms with van der Waals surface area (Å²) in [7, 11) is 3.01. The molecule has 0 heterocycles. The zero-order valence-corrected chi connectivity index (χ0v) is 22.2. The van der Waals surface area contributed by atoms with E-state index >= 15 is 0 Å². The molecule has 0 aliphatic carbocycles. The molecule has 0 saturated heterocycles. The molecule has 5 nitrogen and oxygen atoms in total. The predicted octanol–water partition coefficient (Wildman–Crippen LogP) is 5.42. The molecule has 0 aliphatic heterocycles. The topological polar surface area (TPSA) is 54.0 Å². The molecule has 0 spiro atoms. The lowest BCUT2D eigenvalue weighted by Gasteiger charge is -2.41. The molecule has 176 valence electrons. The molecule has 6 atom stereocenters. The van der Waals surface area contributed by atoms with Crippen molar-refractivity contribution in [3.05, 3.63) is 24.3 Å². The maximum atomic E-state index is 11.1. The van der Waals surface area contributed by atoms with Gasteiger partial charge in [0.05, 0.1) is 18.3 Å². The number of hydrogen-bond donors (Lipinski definition) is 0. The van der Waals surface area contributed by atoms with Crippen molar-refractivity contribution in [2.45, 2.75) is 90.5 Å². The lowest BCUT2D eigenvalue weighted by molar-refractivity contribution is -0.113. The van der Waals surface area contributed by atoms with Gasteiger partial charge in [-0.05, 0) is 37.0 Å². The second-order valence-electron chi connectivity index (χ2n) is 9.83. The Morgan fingerprint density at radius 1 is 1.07 bits per heavy atom. The molecular weight excluding hydrogens is 396 g/mol. The first-order valence-corrected chi connectivity index (χ1v) is 13.7. The van der Waals surface area contributed by atoms with Crippen molar-refractivity contribution in [2.24, 2.45) is 11.8 Å². The number of hydrogen-bond acceptors (Lipinski definition) is 5. The summed E-state index contributed by atoms with van der Waals surface area (Å²) in [5.74, 6) is -0.0233. The third kappa shape index (κ3) is 8.38. The van der Waals surface area contributed by atoms with E-state index in [1.165, 1.54) is 0 Å². The van der Waals surface area contributed by atoms with Crippen LogP contribution < -0.4 is 0 Å². The van der Waals surface area contributed by atoms with Gasteiger partial charge in [0, 0.05) is 33.2 Å². The first kappa shape index (κ1) is 29.2. The van der Waals surface area contributed by atoms with Crippen molar-refractivity contribution in [3.8, 4) is 0 Å². The van der Waals surface area contributed by atoms with Gasteiger partial charge in [-0.3, -0.25) is 0 Å². The summed E-state index contributed by atoms with van der Waals surface area (Å²) < 4.78 is 23.9. The molecule has 0 aromatic carbocycles.